The number of hydrogen-bond donors (Lipinski definition) is 0. The first-order valence-electron chi connectivity index (χ1n) is 5.79. The Morgan fingerprint density at radius 2 is 1.93 bits per heavy atom. The van der Waals surface area contributed by atoms with Crippen molar-refractivity contribution >= 4 is 12.3 Å². The van der Waals surface area contributed by atoms with E-state index >= 15 is 0 Å². The molecule has 0 bridgehead atoms. The van der Waals surface area contributed by atoms with E-state index in [0.29, 0.717) is 6.61 Å². The molecule has 0 aromatic carbocycles. The van der Waals surface area contributed by atoms with Crippen LogP contribution in [0.5, 0.6) is 0 Å². The summed E-state index contributed by atoms with van der Waals surface area (Å²) >= 11 is 0. The molecule has 0 spiro atoms. The second-order valence-corrected chi connectivity index (χ2v) is 3.87. The third kappa shape index (κ3) is 9.44. The van der Waals surface area contributed by atoms with Crippen LogP contribution in [0.15, 0.2) is 0 Å². The van der Waals surface area contributed by atoms with Crippen molar-refractivity contribution in [2.24, 2.45) is 5.92 Å². The molecule has 0 aliphatic rings. The lowest BCUT2D eigenvalue weighted by Crippen LogP contribution is -2.06. The van der Waals surface area contributed by atoms with Gasteiger partial charge in [0.15, 0.2) is 0 Å². The molecular formula is C12H22O3. The zero-order chi connectivity index (χ0) is 11.5. The summed E-state index contributed by atoms with van der Waals surface area (Å²) in [6, 6.07) is 0. The van der Waals surface area contributed by atoms with Gasteiger partial charge in [-0.05, 0) is 19.3 Å². The van der Waals surface area contributed by atoms with E-state index in [1.54, 1.807) is 0 Å². The predicted octanol–water partition coefficient (Wildman–Crippen LogP) is 2.73. The molecule has 88 valence electrons. The lowest BCUT2D eigenvalue weighted by Gasteiger charge is -2.09. The van der Waals surface area contributed by atoms with Crippen LogP contribution >= 0.6 is 0 Å². The van der Waals surface area contributed by atoms with Crippen LogP contribution in [0.1, 0.15) is 52.4 Å². The topological polar surface area (TPSA) is 43.4 Å². The molecule has 15 heavy (non-hydrogen) atoms. The standard InChI is InChI=1S/C12H22O3/c1-3-4-5-7-12(10-13)8-6-9-15-11(2)14/h10,12H,3-9H2,1-2H3. The summed E-state index contributed by atoms with van der Waals surface area (Å²) in [4.78, 5) is 21.2. The summed E-state index contributed by atoms with van der Waals surface area (Å²) in [5.41, 5.74) is 0. The average Bonchev–Trinajstić information content (AvgIpc) is 2.21. The molecule has 0 N–H and O–H groups in total. The first kappa shape index (κ1) is 14.1. The Kier molecular flexibility index (Phi) is 9.13. The molecule has 1 atom stereocenters. The lowest BCUT2D eigenvalue weighted by molar-refractivity contribution is -0.141. The number of carbonyl (C=O) groups is 2. The second-order valence-electron chi connectivity index (χ2n) is 3.87. The zero-order valence-electron chi connectivity index (χ0n) is 9.83. The van der Waals surface area contributed by atoms with Gasteiger partial charge in [0, 0.05) is 12.8 Å². The third-order valence-corrected chi connectivity index (χ3v) is 2.40. The molecule has 0 aliphatic heterocycles. The number of aldehydes is 1. The highest BCUT2D eigenvalue weighted by Gasteiger charge is 2.06. The van der Waals surface area contributed by atoms with Crippen molar-refractivity contribution in [1.29, 1.82) is 0 Å². The van der Waals surface area contributed by atoms with Crippen molar-refractivity contribution in [1.82, 2.24) is 0 Å². The minimum absolute atomic E-state index is 0.145. The molecule has 0 aliphatic carbocycles. The van der Waals surface area contributed by atoms with E-state index in [4.69, 9.17) is 4.74 Å². The van der Waals surface area contributed by atoms with E-state index in [9.17, 15) is 9.59 Å². The Hall–Kier alpha value is -0.860. The van der Waals surface area contributed by atoms with E-state index in [-0.39, 0.29) is 11.9 Å². The van der Waals surface area contributed by atoms with Crippen molar-refractivity contribution in [2.75, 3.05) is 6.61 Å². The molecule has 0 aromatic rings. The van der Waals surface area contributed by atoms with Crippen LogP contribution in [0.3, 0.4) is 0 Å². The Labute approximate surface area is 92.2 Å². The fourth-order valence-electron chi connectivity index (χ4n) is 1.50. The van der Waals surface area contributed by atoms with E-state index in [1.165, 1.54) is 19.8 Å². The van der Waals surface area contributed by atoms with Gasteiger partial charge in [-0.2, -0.15) is 0 Å². The summed E-state index contributed by atoms with van der Waals surface area (Å²) < 4.78 is 4.81. The summed E-state index contributed by atoms with van der Waals surface area (Å²) in [5, 5.41) is 0. The predicted molar refractivity (Wildman–Crippen MR) is 59.6 cm³/mol. The van der Waals surface area contributed by atoms with E-state index in [1.807, 2.05) is 0 Å². The molecule has 0 aromatic heterocycles. The maximum Gasteiger partial charge on any atom is 0.302 e. The van der Waals surface area contributed by atoms with E-state index in [0.717, 1.165) is 32.0 Å². The molecule has 0 fully saturated rings. The highest BCUT2D eigenvalue weighted by molar-refractivity contribution is 5.65. The molecule has 0 amide bonds. The van der Waals surface area contributed by atoms with Gasteiger partial charge in [0.1, 0.15) is 6.29 Å². The normalized spacial score (nSPS) is 12.1. The maximum absolute atomic E-state index is 10.7. The van der Waals surface area contributed by atoms with Crippen molar-refractivity contribution in [3.05, 3.63) is 0 Å². The van der Waals surface area contributed by atoms with Crippen molar-refractivity contribution in [2.45, 2.75) is 52.4 Å². The molecule has 1 unspecified atom stereocenters. The number of ether oxygens (including phenoxy) is 1. The van der Waals surface area contributed by atoms with Crippen LogP contribution < -0.4 is 0 Å². The van der Waals surface area contributed by atoms with Crippen LogP contribution in [-0.4, -0.2) is 18.9 Å². The van der Waals surface area contributed by atoms with Gasteiger partial charge in [-0.1, -0.05) is 26.2 Å². The quantitative estimate of drug-likeness (QED) is 0.337. The first-order valence-corrected chi connectivity index (χ1v) is 5.79. The van der Waals surface area contributed by atoms with Gasteiger partial charge < -0.3 is 9.53 Å². The lowest BCUT2D eigenvalue weighted by atomic mass is 9.98. The summed E-state index contributed by atoms with van der Waals surface area (Å²) in [7, 11) is 0. The fourth-order valence-corrected chi connectivity index (χ4v) is 1.50. The maximum atomic E-state index is 10.7. The van der Waals surface area contributed by atoms with E-state index in [2.05, 4.69) is 6.92 Å². The van der Waals surface area contributed by atoms with Crippen molar-refractivity contribution < 1.29 is 14.3 Å². The van der Waals surface area contributed by atoms with Gasteiger partial charge in [-0.25, -0.2) is 0 Å². The Morgan fingerprint density at radius 1 is 1.27 bits per heavy atom. The average molecular weight is 214 g/mol. The van der Waals surface area contributed by atoms with Gasteiger partial charge in [-0.3, -0.25) is 4.79 Å². The monoisotopic (exact) mass is 214 g/mol. The zero-order valence-corrected chi connectivity index (χ0v) is 9.83. The molecule has 3 heteroatoms. The number of unbranched alkanes of at least 4 members (excludes halogenated alkanes) is 2. The van der Waals surface area contributed by atoms with Crippen LogP contribution in [0, 0.1) is 5.92 Å². The van der Waals surface area contributed by atoms with E-state index < -0.39 is 0 Å². The van der Waals surface area contributed by atoms with Gasteiger partial charge >= 0.3 is 5.97 Å². The van der Waals surface area contributed by atoms with Crippen LogP contribution in [0.25, 0.3) is 0 Å². The van der Waals surface area contributed by atoms with Crippen molar-refractivity contribution in [3.63, 3.8) is 0 Å². The number of rotatable bonds is 9. The Morgan fingerprint density at radius 3 is 2.47 bits per heavy atom. The number of carbonyl (C=O) groups excluding carboxylic acids is 2. The van der Waals surface area contributed by atoms with Crippen molar-refractivity contribution in [3.8, 4) is 0 Å². The van der Waals surface area contributed by atoms with Gasteiger partial charge in [0.2, 0.25) is 0 Å². The van der Waals surface area contributed by atoms with Crippen LogP contribution in [0.4, 0.5) is 0 Å². The smallest absolute Gasteiger partial charge is 0.302 e. The highest BCUT2D eigenvalue weighted by atomic mass is 16.5. The number of esters is 1. The van der Waals surface area contributed by atoms with Gasteiger partial charge in [-0.15, -0.1) is 0 Å². The second kappa shape index (κ2) is 9.69. The Balaban J connectivity index is 3.43. The molecule has 0 saturated heterocycles. The molecule has 0 heterocycles. The SMILES string of the molecule is CCCCCC(C=O)CCCOC(C)=O. The van der Waals surface area contributed by atoms with Gasteiger partial charge in [0.25, 0.3) is 0 Å². The molecule has 0 saturated carbocycles. The molecule has 0 radical (unpaired) electrons. The first-order chi connectivity index (χ1) is 7.20. The molecule has 3 nitrogen and oxygen atoms in total. The fraction of sp³-hybridized carbons (Fsp3) is 0.833. The molecular weight excluding hydrogens is 192 g/mol. The highest BCUT2D eigenvalue weighted by Crippen LogP contribution is 2.13. The summed E-state index contributed by atoms with van der Waals surface area (Å²) in [5.74, 6) is -0.101. The number of hydrogen-bond acceptors (Lipinski definition) is 3. The van der Waals surface area contributed by atoms with Crippen LogP contribution in [0.2, 0.25) is 0 Å². The summed E-state index contributed by atoms with van der Waals surface area (Å²) in [6.45, 7) is 3.99. The minimum Gasteiger partial charge on any atom is -0.466 e. The van der Waals surface area contributed by atoms with Crippen LogP contribution in [-0.2, 0) is 14.3 Å². The van der Waals surface area contributed by atoms with Gasteiger partial charge in [0.05, 0.1) is 6.61 Å². The largest absolute Gasteiger partial charge is 0.466 e. The molecule has 0 rings (SSSR count). The summed E-state index contributed by atoms with van der Waals surface area (Å²) in [6.07, 6.45) is 7.11. The minimum atomic E-state index is -0.247. The third-order valence-electron chi connectivity index (χ3n) is 2.40. The Bertz CT molecular complexity index is 178.